The molecule has 0 amide bonds. The van der Waals surface area contributed by atoms with Crippen molar-refractivity contribution in [2.24, 2.45) is 11.8 Å². The van der Waals surface area contributed by atoms with Crippen molar-refractivity contribution in [3.8, 4) is 0 Å². The van der Waals surface area contributed by atoms with Gasteiger partial charge in [-0.05, 0) is 47.6 Å². The molecule has 1 N–H and O–H groups in total. The van der Waals surface area contributed by atoms with Gasteiger partial charge in [0.15, 0.2) is 0 Å². The molecule has 0 aliphatic heterocycles. The molecule has 2 aliphatic carbocycles. The first-order chi connectivity index (χ1) is 9.65. The summed E-state index contributed by atoms with van der Waals surface area (Å²) in [4.78, 5) is 0.376. The summed E-state index contributed by atoms with van der Waals surface area (Å²) in [6.07, 6.45) is 3.61. The number of rotatable bonds is 3. The molecule has 20 heavy (non-hydrogen) atoms. The van der Waals surface area contributed by atoms with Gasteiger partial charge in [-0.3, -0.25) is 0 Å². The van der Waals surface area contributed by atoms with Crippen molar-refractivity contribution in [2.75, 3.05) is 0 Å². The summed E-state index contributed by atoms with van der Waals surface area (Å²) in [6, 6.07) is 13.3. The van der Waals surface area contributed by atoms with Gasteiger partial charge in [-0.1, -0.05) is 36.8 Å². The van der Waals surface area contributed by atoms with Gasteiger partial charge in [0.25, 0.3) is 0 Å². The lowest BCUT2D eigenvalue weighted by Gasteiger charge is -2.09. The van der Waals surface area contributed by atoms with Crippen LogP contribution in [0.1, 0.15) is 19.3 Å². The predicted octanol–water partition coefficient (Wildman–Crippen LogP) is 2.92. The van der Waals surface area contributed by atoms with Crippen molar-refractivity contribution in [1.29, 1.82) is 0 Å². The first kappa shape index (κ1) is 12.4. The van der Waals surface area contributed by atoms with Gasteiger partial charge in [-0.25, -0.2) is 13.1 Å². The molecule has 104 valence electrons. The van der Waals surface area contributed by atoms with E-state index in [1.165, 1.54) is 19.3 Å². The molecule has 4 heteroatoms. The minimum atomic E-state index is -3.38. The lowest BCUT2D eigenvalue weighted by atomic mass is 10.1. The van der Waals surface area contributed by atoms with Gasteiger partial charge in [0, 0.05) is 6.04 Å². The first-order valence-electron chi connectivity index (χ1n) is 7.16. The van der Waals surface area contributed by atoms with Crippen molar-refractivity contribution in [3.05, 3.63) is 42.5 Å². The highest BCUT2D eigenvalue weighted by Gasteiger charge is 2.54. The van der Waals surface area contributed by atoms with E-state index < -0.39 is 10.0 Å². The maximum Gasteiger partial charge on any atom is 0.240 e. The smallest absolute Gasteiger partial charge is 0.207 e. The van der Waals surface area contributed by atoms with Gasteiger partial charge in [0.05, 0.1) is 4.90 Å². The molecule has 2 aliphatic rings. The van der Waals surface area contributed by atoms with Crippen LogP contribution in [0.4, 0.5) is 0 Å². The van der Waals surface area contributed by atoms with Crippen LogP contribution in [0.25, 0.3) is 10.8 Å². The van der Waals surface area contributed by atoms with Crippen molar-refractivity contribution >= 4 is 20.8 Å². The first-order valence-corrected chi connectivity index (χ1v) is 8.65. The largest absolute Gasteiger partial charge is 0.240 e. The third-order valence-electron chi connectivity index (χ3n) is 4.73. The molecule has 0 radical (unpaired) electrons. The minimum absolute atomic E-state index is 0.181. The standard InChI is InChI=1S/C16H17NO2S/c18-20(19,17-16-14-6-3-7-15(14)16)13-9-8-11-4-1-2-5-12(11)10-13/h1-2,4-5,8-10,14-17H,3,6-7H2. The molecule has 2 atom stereocenters. The Morgan fingerprint density at radius 2 is 1.65 bits per heavy atom. The van der Waals surface area contributed by atoms with E-state index in [1.807, 2.05) is 30.3 Å². The van der Waals surface area contributed by atoms with Crippen molar-refractivity contribution < 1.29 is 8.42 Å². The highest BCUT2D eigenvalue weighted by molar-refractivity contribution is 7.89. The van der Waals surface area contributed by atoms with Crippen molar-refractivity contribution in [2.45, 2.75) is 30.2 Å². The van der Waals surface area contributed by atoms with Gasteiger partial charge in [0.2, 0.25) is 10.0 Å². The van der Waals surface area contributed by atoms with Gasteiger partial charge in [-0.15, -0.1) is 0 Å². The molecule has 2 fully saturated rings. The predicted molar refractivity (Wildman–Crippen MR) is 78.9 cm³/mol. The zero-order valence-electron chi connectivity index (χ0n) is 11.1. The van der Waals surface area contributed by atoms with Crippen LogP contribution in [-0.4, -0.2) is 14.5 Å². The Morgan fingerprint density at radius 1 is 0.950 bits per heavy atom. The van der Waals surface area contributed by atoms with Crippen LogP contribution in [0.15, 0.2) is 47.4 Å². The molecule has 2 saturated carbocycles. The molecule has 0 bridgehead atoms. The number of hydrogen-bond donors (Lipinski definition) is 1. The summed E-state index contributed by atoms with van der Waals surface area (Å²) in [7, 11) is -3.38. The van der Waals surface area contributed by atoms with E-state index >= 15 is 0 Å². The van der Waals surface area contributed by atoms with Crippen LogP contribution in [0, 0.1) is 11.8 Å². The molecule has 2 unspecified atom stereocenters. The molecule has 4 rings (SSSR count). The van der Waals surface area contributed by atoms with Crippen LogP contribution in [0.3, 0.4) is 0 Å². The Hall–Kier alpha value is -1.39. The maximum absolute atomic E-state index is 12.4. The SMILES string of the molecule is O=S(=O)(NC1C2CCCC21)c1ccc2ccccc2c1. The summed E-state index contributed by atoms with van der Waals surface area (Å²) in [5.74, 6) is 1.18. The summed E-state index contributed by atoms with van der Waals surface area (Å²) >= 11 is 0. The summed E-state index contributed by atoms with van der Waals surface area (Å²) < 4.78 is 27.8. The highest BCUT2D eigenvalue weighted by Crippen LogP contribution is 2.52. The van der Waals surface area contributed by atoms with Crippen molar-refractivity contribution in [1.82, 2.24) is 4.72 Å². The zero-order valence-corrected chi connectivity index (χ0v) is 11.9. The van der Waals surface area contributed by atoms with E-state index in [0.717, 1.165) is 10.8 Å². The number of benzene rings is 2. The lowest BCUT2D eigenvalue weighted by molar-refractivity contribution is 0.563. The maximum atomic E-state index is 12.4. The zero-order chi connectivity index (χ0) is 13.7. The Kier molecular flexibility index (Phi) is 2.66. The van der Waals surface area contributed by atoms with Gasteiger partial charge < -0.3 is 0 Å². The molecule has 0 spiro atoms. The van der Waals surface area contributed by atoms with Crippen molar-refractivity contribution in [3.63, 3.8) is 0 Å². The summed E-state index contributed by atoms with van der Waals surface area (Å²) in [6.45, 7) is 0. The second-order valence-corrected chi connectivity index (χ2v) is 7.63. The van der Waals surface area contributed by atoms with Crippen LogP contribution < -0.4 is 4.72 Å². The summed E-state index contributed by atoms with van der Waals surface area (Å²) in [5, 5.41) is 2.03. The number of sulfonamides is 1. The molecule has 2 aromatic rings. The molecule has 0 saturated heterocycles. The summed E-state index contributed by atoms with van der Waals surface area (Å²) in [5.41, 5.74) is 0. The number of hydrogen-bond acceptors (Lipinski definition) is 2. The van der Waals surface area contributed by atoms with E-state index in [4.69, 9.17) is 0 Å². The van der Waals surface area contributed by atoms with Crippen LogP contribution in [-0.2, 0) is 10.0 Å². The normalized spacial score (nSPS) is 28.5. The minimum Gasteiger partial charge on any atom is -0.207 e. The van der Waals surface area contributed by atoms with Crippen LogP contribution >= 0.6 is 0 Å². The third kappa shape index (κ3) is 1.95. The Morgan fingerprint density at radius 3 is 2.40 bits per heavy atom. The average Bonchev–Trinajstić information content (AvgIpc) is 2.89. The molecular formula is C16H17NO2S. The number of fused-ring (bicyclic) bond motifs is 2. The molecule has 0 aromatic heterocycles. The van der Waals surface area contributed by atoms with Crippen LogP contribution in [0.5, 0.6) is 0 Å². The van der Waals surface area contributed by atoms with Gasteiger partial charge in [0.1, 0.15) is 0 Å². The average molecular weight is 287 g/mol. The van der Waals surface area contributed by atoms with E-state index in [0.29, 0.717) is 16.7 Å². The molecular weight excluding hydrogens is 270 g/mol. The lowest BCUT2D eigenvalue weighted by Crippen LogP contribution is -2.28. The molecule has 3 nitrogen and oxygen atoms in total. The second-order valence-electron chi connectivity index (χ2n) is 5.91. The fourth-order valence-corrected chi connectivity index (χ4v) is 4.95. The topological polar surface area (TPSA) is 46.2 Å². The third-order valence-corrected chi connectivity index (χ3v) is 6.19. The van der Waals surface area contributed by atoms with Crippen LogP contribution in [0.2, 0.25) is 0 Å². The van der Waals surface area contributed by atoms with Gasteiger partial charge in [-0.2, -0.15) is 0 Å². The van der Waals surface area contributed by atoms with E-state index in [9.17, 15) is 8.42 Å². The highest BCUT2D eigenvalue weighted by atomic mass is 32.2. The van der Waals surface area contributed by atoms with E-state index in [1.54, 1.807) is 12.1 Å². The Bertz CT molecular complexity index is 759. The fraction of sp³-hybridized carbons (Fsp3) is 0.375. The quantitative estimate of drug-likeness (QED) is 0.943. The Labute approximate surface area is 119 Å². The molecule has 0 heterocycles. The fourth-order valence-electron chi connectivity index (χ4n) is 3.58. The van der Waals surface area contributed by atoms with E-state index in [2.05, 4.69) is 4.72 Å². The second kappa shape index (κ2) is 4.30. The van der Waals surface area contributed by atoms with Gasteiger partial charge >= 0.3 is 0 Å². The Balaban J connectivity index is 1.63. The molecule has 2 aromatic carbocycles. The monoisotopic (exact) mass is 287 g/mol. The van der Waals surface area contributed by atoms with E-state index in [-0.39, 0.29) is 6.04 Å². The number of nitrogens with one attached hydrogen (secondary N) is 1.